The van der Waals surface area contributed by atoms with E-state index in [-0.39, 0.29) is 5.91 Å². The summed E-state index contributed by atoms with van der Waals surface area (Å²) < 4.78 is 2.35. The Bertz CT molecular complexity index is 1350. The molecular weight excluding hydrogens is 416 g/mol. The van der Waals surface area contributed by atoms with Gasteiger partial charge in [-0.25, -0.2) is 4.98 Å². The van der Waals surface area contributed by atoms with E-state index in [1.54, 1.807) is 6.08 Å². The first-order valence-corrected chi connectivity index (χ1v) is 10.5. The predicted octanol–water partition coefficient (Wildman–Crippen LogP) is 4.98. The fourth-order valence-electron chi connectivity index (χ4n) is 3.23. The SMILES string of the molecule is C=CCn1c(-c2sc(NC(=O)c3cc4cc(C)ccc4nc3C)nc2C)n[nH]c1=S. The number of amides is 1. The lowest BCUT2D eigenvalue weighted by Gasteiger charge is -2.07. The zero-order valence-corrected chi connectivity index (χ0v) is 18.4. The lowest BCUT2D eigenvalue weighted by atomic mass is 10.1. The zero-order valence-electron chi connectivity index (χ0n) is 16.8. The van der Waals surface area contributed by atoms with Crippen molar-refractivity contribution in [3.63, 3.8) is 0 Å². The molecule has 3 heterocycles. The van der Waals surface area contributed by atoms with Crippen LogP contribution in [0.3, 0.4) is 0 Å². The van der Waals surface area contributed by atoms with Crippen LogP contribution in [-0.2, 0) is 6.54 Å². The summed E-state index contributed by atoms with van der Waals surface area (Å²) in [6.07, 6.45) is 1.76. The van der Waals surface area contributed by atoms with Gasteiger partial charge in [0, 0.05) is 11.9 Å². The van der Waals surface area contributed by atoms with Gasteiger partial charge in [0.1, 0.15) is 0 Å². The molecule has 0 saturated heterocycles. The van der Waals surface area contributed by atoms with Crippen LogP contribution in [0.1, 0.15) is 27.3 Å². The molecule has 0 spiro atoms. The van der Waals surface area contributed by atoms with Crippen LogP contribution in [0.25, 0.3) is 21.6 Å². The van der Waals surface area contributed by atoms with Gasteiger partial charge in [0.05, 0.1) is 27.3 Å². The van der Waals surface area contributed by atoms with Crippen molar-refractivity contribution in [3.8, 4) is 10.7 Å². The Morgan fingerprint density at radius 3 is 2.83 bits per heavy atom. The van der Waals surface area contributed by atoms with Crippen LogP contribution in [0.2, 0.25) is 0 Å². The van der Waals surface area contributed by atoms with Crippen molar-refractivity contribution in [2.75, 3.05) is 5.32 Å². The van der Waals surface area contributed by atoms with E-state index in [0.29, 0.717) is 33.5 Å². The van der Waals surface area contributed by atoms with Gasteiger partial charge in [-0.2, -0.15) is 5.10 Å². The van der Waals surface area contributed by atoms with Crippen molar-refractivity contribution in [3.05, 3.63) is 64.2 Å². The molecule has 0 saturated carbocycles. The summed E-state index contributed by atoms with van der Waals surface area (Å²) in [4.78, 5) is 22.9. The first-order valence-electron chi connectivity index (χ1n) is 9.30. The molecule has 3 aromatic heterocycles. The van der Waals surface area contributed by atoms with Crippen molar-refractivity contribution in [2.24, 2.45) is 0 Å². The third-order valence-electron chi connectivity index (χ3n) is 4.70. The van der Waals surface area contributed by atoms with Crippen LogP contribution in [0.5, 0.6) is 0 Å². The minimum Gasteiger partial charge on any atom is -0.298 e. The standard InChI is InChI=1S/C21H20N6OS2/c1-5-8-27-18(25-26-21(27)29)17-13(4)23-20(30-17)24-19(28)15-10-14-9-11(2)6-7-16(14)22-12(15)3/h5-7,9-10H,1,8H2,2-4H3,(H,26,29)(H,23,24,28). The van der Waals surface area contributed by atoms with Crippen molar-refractivity contribution >= 4 is 45.5 Å². The number of anilines is 1. The molecule has 0 unspecified atom stereocenters. The summed E-state index contributed by atoms with van der Waals surface area (Å²) in [5.41, 5.74) is 3.94. The fraction of sp³-hybridized carbons (Fsp3) is 0.190. The number of nitrogens with zero attached hydrogens (tertiary/aromatic N) is 4. The molecule has 4 rings (SSSR count). The molecular formula is C21H20N6OS2. The number of fused-ring (bicyclic) bond motifs is 1. The number of carbonyl (C=O) groups is 1. The van der Waals surface area contributed by atoms with E-state index < -0.39 is 0 Å². The number of thiazole rings is 1. The van der Waals surface area contributed by atoms with Crippen molar-refractivity contribution in [1.29, 1.82) is 0 Å². The number of H-pyrrole nitrogens is 1. The maximum Gasteiger partial charge on any atom is 0.259 e. The number of benzene rings is 1. The van der Waals surface area contributed by atoms with Gasteiger partial charge < -0.3 is 0 Å². The largest absolute Gasteiger partial charge is 0.298 e. The highest BCUT2D eigenvalue weighted by Gasteiger charge is 2.19. The Kier molecular flexibility index (Phi) is 5.31. The third-order valence-corrected chi connectivity index (χ3v) is 6.08. The normalized spacial score (nSPS) is 11.0. The second-order valence-corrected chi connectivity index (χ2v) is 8.34. The number of aromatic nitrogens is 5. The Balaban J connectivity index is 1.66. The van der Waals surface area contributed by atoms with Gasteiger partial charge in [0.25, 0.3) is 5.91 Å². The van der Waals surface area contributed by atoms with Crippen LogP contribution in [0.15, 0.2) is 36.9 Å². The summed E-state index contributed by atoms with van der Waals surface area (Å²) in [6, 6.07) is 7.87. The molecule has 0 aliphatic heterocycles. The lowest BCUT2D eigenvalue weighted by molar-refractivity contribution is 0.102. The van der Waals surface area contributed by atoms with Gasteiger partial charge >= 0.3 is 0 Å². The van der Waals surface area contributed by atoms with Gasteiger partial charge in [0.15, 0.2) is 15.7 Å². The molecule has 1 amide bonds. The molecule has 0 bridgehead atoms. The van der Waals surface area contributed by atoms with Gasteiger partial charge in [0.2, 0.25) is 0 Å². The predicted molar refractivity (Wildman–Crippen MR) is 123 cm³/mol. The summed E-state index contributed by atoms with van der Waals surface area (Å²) in [6.45, 7) is 10.0. The molecule has 4 aromatic rings. The number of allylic oxidation sites excluding steroid dienone is 1. The first kappa shape index (κ1) is 20.1. The summed E-state index contributed by atoms with van der Waals surface area (Å²) >= 11 is 6.64. The minimum atomic E-state index is -0.242. The Morgan fingerprint density at radius 1 is 1.27 bits per heavy atom. The third kappa shape index (κ3) is 3.69. The van der Waals surface area contributed by atoms with E-state index in [2.05, 4.69) is 32.1 Å². The van der Waals surface area contributed by atoms with E-state index in [0.717, 1.165) is 27.0 Å². The lowest BCUT2D eigenvalue weighted by Crippen LogP contribution is -2.14. The van der Waals surface area contributed by atoms with E-state index in [9.17, 15) is 4.79 Å². The molecule has 30 heavy (non-hydrogen) atoms. The Hall–Kier alpha value is -3.17. The number of carbonyl (C=O) groups excluding carboxylic acids is 1. The minimum absolute atomic E-state index is 0.242. The topological polar surface area (TPSA) is 88.5 Å². The number of aryl methyl sites for hydroxylation is 3. The highest BCUT2D eigenvalue weighted by Crippen LogP contribution is 2.32. The van der Waals surface area contributed by atoms with Gasteiger partial charge in [-0.15, -0.1) is 6.58 Å². The molecule has 0 atom stereocenters. The molecule has 9 heteroatoms. The quantitative estimate of drug-likeness (QED) is 0.340. The van der Waals surface area contributed by atoms with E-state index in [4.69, 9.17) is 12.2 Å². The first-order chi connectivity index (χ1) is 14.4. The zero-order chi connectivity index (χ0) is 21.4. The number of hydrogen-bond acceptors (Lipinski definition) is 6. The van der Waals surface area contributed by atoms with Crippen LogP contribution in [0.4, 0.5) is 5.13 Å². The van der Waals surface area contributed by atoms with Crippen molar-refractivity contribution < 1.29 is 4.79 Å². The molecule has 0 aliphatic rings. The number of aromatic amines is 1. The smallest absolute Gasteiger partial charge is 0.259 e. The maximum absolute atomic E-state index is 13.0. The molecule has 0 radical (unpaired) electrons. The summed E-state index contributed by atoms with van der Waals surface area (Å²) in [7, 11) is 0. The number of hydrogen-bond donors (Lipinski definition) is 2. The van der Waals surface area contributed by atoms with Crippen LogP contribution >= 0.6 is 23.6 Å². The van der Waals surface area contributed by atoms with E-state index in [1.165, 1.54) is 11.3 Å². The average molecular weight is 437 g/mol. The second-order valence-electron chi connectivity index (χ2n) is 6.96. The summed E-state index contributed by atoms with van der Waals surface area (Å²) in [5, 5.41) is 11.5. The van der Waals surface area contributed by atoms with Crippen molar-refractivity contribution in [2.45, 2.75) is 27.3 Å². The second kappa shape index (κ2) is 7.92. The molecule has 0 aliphatic carbocycles. The molecule has 2 N–H and O–H groups in total. The van der Waals surface area contributed by atoms with Crippen molar-refractivity contribution in [1.82, 2.24) is 24.7 Å². The van der Waals surface area contributed by atoms with Gasteiger partial charge in [-0.1, -0.05) is 29.0 Å². The van der Waals surface area contributed by atoms with Crippen LogP contribution in [0, 0.1) is 25.5 Å². The molecule has 7 nitrogen and oxygen atoms in total. The Morgan fingerprint density at radius 2 is 2.07 bits per heavy atom. The highest BCUT2D eigenvalue weighted by molar-refractivity contribution is 7.71. The number of pyridine rings is 1. The number of rotatable bonds is 5. The highest BCUT2D eigenvalue weighted by atomic mass is 32.1. The van der Waals surface area contributed by atoms with E-state index in [1.807, 2.05) is 49.6 Å². The Labute approximate surface area is 182 Å². The van der Waals surface area contributed by atoms with E-state index >= 15 is 0 Å². The fourth-order valence-corrected chi connectivity index (χ4v) is 4.40. The summed E-state index contributed by atoms with van der Waals surface area (Å²) in [5.74, 6) is 0.433. The van der Waals surface area contributed by atoms with Crippen LogP contribution in [-0.4, -0.2) is 30.6 Å². The average Bonchev–Trinajstić information content (AvgIpc) is 3.24. The molecule has 152 valence electrons. The van der Waals surface area contributed by atoms with Gasteiger partial charge in [-0.3, -0.25) is 24.8 Å². The molecule has 0 fully saturated rings. The molecule has 1 aromatic carbocycles. The van der Waals surface area contributed by atoms with Gasteiger partial charge in [-0.05, 0) is 51.2 Å². The monoisotopic (exact) mass is 436 g/mol. The number of nitrogens with one attached hydrogen (secondary N) is 2. The van der Waals surface area contributed by atoms with Crippen LogP contribution < -0.4 is 5.32 Å². The maximum atomic E-state index is 13.0.